The van der Waals surface area contributed by atoms with Crippen molar-refractivity contribution in [2.75, 3.05) is 0 Å². The first-order valence-electron chi connectivity index (χ1n) is 3.39. The van der Waals surface area contributed by atoms with E-state index in [1.807, 2.05) is 0 Å². The minimum absolute atomic E-state index is 0.300. The second kappa shape index (κ2) is 4.31. The van der Waals surface area contributed by atoms with E-state index >= 15 is 0 Å². The van der Waals surface area contributed by atoms with E-state index < -0.39 is 0 Å². The number of aromatic nitrogens is 3. The van der Waals surface area contributed by atoms with E-state index in [0.29, 0.717) is 20.7 Å². The van der Waals surface area contributed by atoms with Gasteiger partial charge in [-0.05, 0) is 10.3 Å². The highest BCUT2D eigenvalue weighted by atomic mass is 35.5. The summed E-state index contributed by atoms with van der Waals surface area (Å²) in [6, 6.07) is 0. The fraction of sp³-hybridized carbons (Fsp3) is 0. The van der Waals surface area contributed by atoms with Gasteiger partial charge in [-0.3, -0.25) is 0 Å². The van der Waals surface area contributed by atoms with Gasteiger partial charge < -0.3 is 0 Å². The Kier molecular flexibility index (Phi) is 3.07. The Balaban J connectivity index is 2.54. The molecule has 0 N–H and O–H groups in total. The molecule has 4 nitrogen and oxygen atoms in total. The van der Waals surface area contributed by atoms with Crippen molar-refractivity contribution in [3.63, 3.8) is 0 Å². The maximum atomic E-state index is 5.79. The molecule has 0 radical (unpaired) electrons. The molecule has 0 saturated heterocycles. The van der Waals surface area contributed by atoms with Crippen LogP contribution in [0.4, 0.5) is 5.69 Å². The Bertz CT molecular complexity index is 506. The third-order valence-corrected chi connectivity index (χ3v) is 3.74. The van der Waals surface area contributed by atoms with Gasteiger partial charge in [0, 0.05) is 10.5 Å². The molecule has 0 saturated carbocycles. The first-order valence-corrected chi connectivity index (χ1v) is 6.25. The Morgan fingerprint density at radius 2 is 2.14 bits per heavy atom. The normalized spacial score (nSPS) is 12.0. The molecule has 0 aliphatic rings. The van der Waals surface area contributed by atoms with Crippen LogP contribution in [0, 0.1) is 0 Å². The van der Waals surface area contributed by atoms with Crippen molar-refractivity contribution in [2.45, 2.75) is 0 Å². The molecule has 14 heavy (non-hydrogen) atoms. The zero-order valence-corrected chi connectivity index (χ0v) is 9.66. The van der Waals surface area contributed by atoms with Crippen LogP contribution in [-0.2, 0) is 0 Å². The molecule has 0 amide bonds. The molecule has 8 heteroatoms. The summed E-state index contributed by atoms with van der Waals surface area (Å²) in [5.41, 5.74) is 0.493. The summed E-state index contributed by atoms with van der Waals surface area (Å²) >= 11 is 11.6. The number of nitrogens with zero attached hydrogens (tertiary/aromatic N) is 4. The molecule has 2 rings (SSSR count). The van der Waals surface area contributed by atoms with Crippen molar-refractivity contribution in [1.82, 2.24) is 14.3 Å². The lowest BCUT2D eigenvalue weighted by atomic mass is 10.5. The summed E-state index contributed by atoms with van der Waals surface area (Å²) in [4.78, 5) is 11.8. The first-order chi connectivity index (χ1) is 6.77. The zero-order valence-electron chi connectivity index (χ0n) is 6.52. The van der Waals surface area contributed by atoms with Crippen molar-refractivity contribution >= 4 is 49.8 Å². The summed E-state index contributed by atoms with van der Waals surface area (Å²) in [6.07, 6.45) is 2.88. The lowest BCUT2D eigenvalue weighted by molar-refractivity contribution is 1.15. The largest absolute Gasteiger partial charge is 0.242 e. The molecule has 0 aliphatic heterocycles. The molecular formula is C6H2Cl2N4S2. The van der Waals surface area contributed by atoms with E-state index in [1.54, 1.807) is 0 Å². The number of rotatable bonds is 1. The van der Waals surface area contributed by atoms with E-state index in [-0.39, 0.29) is 0 Å². The fourth-order valence-electron chi connectivity index (χ4n) is 0.717. The number of hydrogen-bond donors (Lipinski definition) is 0. The van der Waals surface area contributed by atoms with Crippen LogP contribution < -0.4 is 4.67 Å². The lowest BCUT2D eigenvalue weighted by Gasteiger charge is -1.92. The van der Waals surface area contributed by atoms with Crippen LogP contribution in [0.1, 0.15) is 0 Å². The average Bonchev–Trinajstić information content (AvgIpc) is 2.56. The summed E-state index contributed by atoms with van der Waals surface area (Å²) in [5.74, 6) is 0. The predicted molar refractivity (Wildman–Crippen MR) is 57.3 cm³/mol. The summed E-state index contributed by atoms with van der Waals surface area (Å²) < 4.78 is 4.51. The van der Waals surface area contributed by atoms with Crippen LogP contribution in [-0.4, -0.2) is 14.3 Å². The summed E-state index contributed by atoms with van der Waals surface area (Å²) in [7, 11) is 2.64. The summed E-state index contributed by atoms with van der Waals surface area (Å²) in [6.45, 7) is 0. The van der Waals surface area contributed by atoms with Crippen molar-refractivity contribution in [1.29, 1.82) is 0 Å². The van der Waals surface area contributed by atoms with E-state index in [0.717, 1.165) is 0 Å². The standard InChI is InChI=1S/C6H2Cl2N4S2/c7-4-3(1-9-2-10-4)11-6-5(8)12-14-13-6/h1-2H. The van der Waals surface area contributed by atoms with E-state index in [1.165, 1.54) is 33.4 Å². The molecule has 0 spiro atoms. The minimum atomic E-state index is 0.300. The van der Waals surface area contributed by atoms with Crippen LogP contribution in [0.3, 0.4) is 0 Å². The van der Waals surface area contributed by atoms with Gasteiger partial charge in [-0.1, -0.05) is 23.2 Å². The van der Waals surface area contributed by atoms with Crippen molar-refractivity contribution in [3.05, 3.63) is 27.5 Å². The maximum Gasteiger partial charge on any atom is 0.179 e. The van der Waals surface area contributed by atoms with Crippen molar-refractivity contribution < 1.29 is 0 Å². The quantitative estimate of drug-likeness (QED) is 0.588. The Labute approximate surface area is 96.5 Å². The van der Waals surface area contributed by atoms with Crippen LogP contribution in [0.15, 0.2) is 17.5 Å². The molecule has 72 valence electrons. The molecule has 2 aromatic heterocycles. The van der Waals surface area contributed by atoms with E-state index in [4.69, 9.17) is 23.2 Å². The molecular weight excluding hydrogens is 263 g/mol. The molecule has 2 heterocycles. The highest BCUT2D eigenvalue weighted by molar-refractivity contribution is 7.66. The Morgan fingerprint density at radius 1 is 1.29 bits per heavy atom. The Hall–Kier alpha value is -0.560. The maximum absolute atomic E-state index is 5.79. The highest BCUT2D eigenvalue weighted by Crippen LogP contribution is 2.20. The summed E-state index contributed by atoms with van der Waals surface area (Å²) in [5, 5.41) is 0.675. The minimum Gasteiger partial charge on any atom is -0.242 e. The van der Waals surface area contributed by atoms with Crippen LogP contribution in [0.5, 0.6) is 0 Å². The smallest absolute Gasteiger partial charge is 0.179 e. The van der Waals surface area contributed by atoms with Gasteiger partial charge in [-0.15, -0.1) is 0 Å². The predicted octanol–water partition coefficient (Wildman–Crippen LogP) is 2.53. The second-order valence-electron chi connectivity index (χ2n) is 2.16. The SMILES string of the molecule is Clc1ncncc1N=c1ssnc1Cl. The molecule has 0 fully saturated rings. The monoisotopic (exact) mass is 264 g/mol. The van der Waals surface area contributed by atoms with Crippen LogP contribution >= 0.6 is 44.1 Å². The molecule has 0 aliphatic carbocycles. The lowest BCUT2D eigenvalue weighted by Crippen LogP contribution is -1.93. The highest BCUT2D eigenvalue weighted by Gasteiger charge is 2.01. The number of hydrogen-bond acceptors (Lipinski definition) is 6. The van der Waals surface area contributed by atoms with Gasteiger partial charge in [0.15, 0.2) is 15.0 Å². The second-order valence-corrected chi connectivity index (χ2v) is 4.70. The first kappa shape index (κ1) is 9.97. The van der Waals surface area contributed by atoms with Crippen molar-refractivity contribution in [3.8, 4) is 0 Å². The average molecular weight is 265 g/mol. The van der Waals surface area contributed by atoms with Gasteiger partial charge in [-0.25, -0.2) is 15.0 Å². The third kappa shape index (κ3) is 2.09. The van der Waals surface area contributed by atoms with Gasteiger partial charge in [-0.2, -0.15) is 4.37 Å². The fourth-order valence-corrected chi connectivity index (χ4v) is 2.84. The van der Waals surface area contributed by atoms with Crippen LogP contribution in [0.25, 0.3) is 0 Å². The zero-order chi connectivity index (χ0) is 9.97. The van der Waals surface area contributed by atoms with Gasteiger partial charge >= 0.3 is 0 Å². The van der Waals surface area contributed by atoms with Gasteiger partial charge in [0.05, 0.1) is 6.20 Å². The van der Waals surface area contributed by atoms with Gasteiger partial charge in [0.2, 0.25) is 0 Å². The molecule has 0 aromatic carbocycles. The van der Waals surface area contributed by atoms with E-state index in [9.17, 15) is 0 Å². The molecule has 0 atom stereocenters. The molecule has 0 unspecified atom stereocenters. The van der Waals surface area contributed by atoms with E-state index in [2.05, 4.69) is 19.3 Å². The van der Waals surface area contributed by atoms with Crippen molar-refractivity contribution in [2.24, 2.45) is 4.99 Å². The third-order valence-electron chi connectivity index (χ3n) is 1.28. The molecule has 2 aromatic rings. The number of halogens is 2. The van der Waals surface area contributed by atoms with Crippen LogP contribution in [0.2, 0.25) is 10.3 Å². The Morgan fingerprint density at radius 3 is 2.79 bits per heavy atom. The molecule has 0 bridgehead atoms. The topological polar surface area (TPSA) is 51.0 Å². The van der Waals surface area contributed by atoms with Gasteiger partial charge in [0.1, 0.15) is 12.0 Å². The van der Waals surface area contributed by atoms with Gasteiger partial charge in [0.25, 0.3) is 0 Å².